The average Bonchev–Trinajstić information content (AvgIpc) is 3.18. The predicted octanol–water partition coefficient (Wildman–Crippen LogP) is 5.57. The second-order valence-corrected chi connectivity index (χ2v) is 7.22. The minimum Gasteiger partial charge on any atom is -0.488 e. The molecule has 5 nitrogen and oxygen atoms in total. The van der Waals surface area contributed by atoms with Crippen LogP contribution in [0.3, 0.4) is 0 Å². The number of carbonyl (C=O) groups excluding carboxylic acids is 2. The molecule has 0 bridgehead atoms. The standard InChI is InChI=1S/C25H17F5N2O3/c1-3-4-13-35-24-22(16-6-11-19(26)20(27)14-16)31-32(23(24)21(34)12-5-15(2)33)18-9-7-17(8-10-18)25(28,29)30/h1,5-12,14H,4,13H2,2H3/b12-5-. The van der Waals surface area contributed by atoms with Gasteiger partial charge in [0.2, 0.25) is 5.78 Å². The van der Waals surface area contributed by atoms with E-state index < -0.39 is 34.9 Å². The van der Waals surface area contributed by atoms with Crippen molar-refractivity contribution in [2.24, 2.45) is 0 Å². The Hall–Kier alpha value is -4.26. The Morgan fingerprint density at radius 3 is 2.34 bits per heavy atom. The first kappa shape index (κ1) is 25.4. The van der Waals surface area contributed by atoms with Crippen molar-refractivity contribution in [1.29, 1.82) is 0 Å². The summed E-state index contributed by atoms with van der Waals surface area (Å²) in [5, 5.41) is 4.27. The molecule has 10 heteroatoms. The van der Waals surface area contributed by atoms with Crippen LogP contribution >= 0.6 is 0 Å². The molecule has 0 aliphatic carbocycles. The Labute approximate surface area is 196 Å². The highest BCUT2D eigenvalue weighted by Crippen LogP contribution is 2.36. The van der Waals surface area contributed by atoms with Crippen LogP contribution in [0.1, 0.15) is 29.4 Å². The van der Waals surface area contributed by atoms with Gasteiger partial charge >= 0.3 is 6.18 Å². The molecule has 2 aromatic carbocycles. The molecule has 1 aromatic heterocycles. The maximum absolute atomic E-state index is 14.0. The Kier molecular flexibility index (Phi) is 7.49. The number of terminal acetylenes is 1. The first-order chi connectivity index (χ1) is 16.5. The van der Waals surface area contributed by atoms with Crippen LogP contribution in [-0.2, 0) is 11.0 Å². The lowest BCUT2D eigenvalue weighted by Crippen LogP contribution is -2.10. The number of ketones is 2. The van der Waals surface area contributed by atoms with E-state index in [1.165, 1.54) is 13.0 Å². The number of halogens is 5. The Balaban J connectivity index is 2.27. The van der Waals surface area contributed by atoms with Crippen LogP contribution in [0, 0.1) is 24.0 Å². The van der Waals surface area contributed by atoms with Crippen molar-refractivity contribution < 1.29 is 36.3 Å². The first-order valence-corrected chi connectivity index (χ1v) is 10.1. The molecule has 180 valence electrons. The maximum atomic E-state index is 14.0. The van der Waals surface area contributed by atoms with Gasteiger partial charge in [0.25, 0.3) is 0 Å². The van der Waals surface area contributed by atoms with E-state index in [4.69, 9.17) is 11.2 Å². The molecule has 0 saturated heterocycles. The Morgan fingerprint density at radius 2 is 1.77 bits per heavy atom. The molecule has 3 aromatic rings. The highest BCUT2D eigenvalue weighted by molar-refractivity contribution is 6.09. The number of hydrogen-bond acceptors (Lipinski definition) is 4. The monoisotopic (exact) mass is 488 g/mol. The van der Waals surface area contributed by atoms with E-state index in [1.54, 1.807) is 0 Å². The van der Waals surface area contributed by atoms with Gasteiger partial charge in [-0.15, -0.1) is 12.3 Å². The summed E-state index contributed by atoms with van der Waals surface area (Å²) in [6.07, 6.45) is 2.73. The van der Waals surface area contributed by atoms with Gasteiger partial charge in [0.05, 0.1) is 17.9 Å². The number of rotatable bonds is 8. The SMILES string of the molecule is C#CCCOc1c(-c2ccc(F)c(F)c2)nn(-c2ccc(C(F)(F)F)cc2)c1C(=O)/C=C\C(C)=O. The van der Waals surface area contributed by atoms with Crippen LogP contribution in [0.4, 0.5) is 22.0 Å². The third-order valence-corrected chi connectivity index (χ3v) is 4.67. The fraction of sp³-hybridized carbons (Fsp3) is 0.160. The molecule has 0 N–H and O–H groups in total. The molecule has 3 rings (SSSR count). The Morgan fingerprint density at radius 1 is 1.09 bits per heavy atom. The van der Waals surface area contributed by atoms with Crippen LogP contribution < -0.4 is 4.74 Å². The van der Waals surface area contributed by atoms with Crippen LogP contribution in [0.25, 0.3) is 16.9 Å². The highest BCUT2D eigenvalue weighted by atomic mass is 19.4. The fourth-order valence-electron chi connectivity index (χ4n) is 3.05. The molecule has 0 amide bonds. The van der Waals surface area contributed by atoms with Gasteiger partial charge in [0.15, 0.2) is 28.9 Å². The summed E-state index contributed by atoms with van der Waals surface area (Å²) in [5.41, 5.74) is -1.17. The van der Waals surface area contributed by atoms with Gasteiger partial charge < -0.3 is 4.74 Å². The number of alkyl halides is 3. The lowest BCUT2D eigenvalue weighted by molar-refractivity contribution is -0.137. The summed E-state index contributed by atoms with van der Waals surface area (Å²) < 4.78 is 73.2. The third kappa shape index (κ3) is 5.81. The predicted molar refractivity (Wildman–Crippen MR) is 117 cm³/mol. The zero-order chi connectivity index (χ0) is 25.8. The number of ether oxygens (including phenoxy) is 1. The second-order valence-electron chi connectivity index (χ2n) is 7.22. The molecule has 1 heterocycles. The maximum Gasteiger partial charge on any atom is 0.416 e. The van der Waals surface area contributed by atoms with Crippen molar-refractivity contribution in [1.82, 2.24) is 9.78 Å². The highest BCUT2D eigenvalue weighted by Gasteiger charge is 2.31. The topological polar surface area (TPSA) is 61.2 Å². The van der Waals surface area contributed by atoms with Crippen molar-refractivity contribution >= 4 is 11.6 Å². The molecule has 0 radical (unpaired) electrons. The molecule has 0 aliphatic heterocycles. The van der Waals surface area contributed by atoms with Gasteiger partial charge in [0.1, 0.15) is 5.69 Å². The van der Waals surface area contributed by atoms with Crippen LogP contribution in [0.15, 0.2) is 54.6 Å². The van der Waals surface area contributed by atoms with E-state index in [2.05, 4.69) is 11.0 Å². The average molecular weight is 488 g/mol. The zero-order valence-electron chi connectivity index (χ0n) is 18.2. The smallest absolute Gasteiger partial charge is 0.416 e. The molecule has 35 heavy (non-hydrogen) atoms. The number of benzene rings is 2. The summed E-state index contributed by atoms with van der Waals surface area (Å²) in [5.74, 6) is -1.32. The van der Waals surface area contributed by atoms with E-state index in [-0.39, 0.29) is 41.4 Å². The first-order valence-electron chi connectivity index (χ1n) is 10.1. The van der Waals surface area contributed by atoms with Crippen molar-refractivity contribution in [2.45, 2.75) is 19.5 Å². The number of aromatic nitrogens is 2. The quantitative estimate of drug-likeness (QED) is 0.137. The molecule has 0 atom stereocenters. The van der Waals surface area contributed by atoms with Gasteiger partial charge in [-0.05, 0) is 61.5 Å². The van der Waals surface area contributed by atoms with E-state index >= 15 is 0 Å². The minimum absolute atomic E-state index is 0.0369. The number of hydrogen-bond donors (Lipinski definition) is 0. The lowest BCUT2D eigenvalue weighted by Gasteiger charge is -2.10. The molecule has 0 saturated carbocycles. The molecule has 0 unspecified atom stereocenters. The third-order valence-electron chi connectivity index (χ3n) is 4.67. The van der Waals surface area contributed by atoms with Crippen molar-refractivity contribution in [3.63, 3.8) is 0 Å². The summed E-state index contributed by atoms with van der Waals surface area (Å²) in [6, 6.07) is 6.65. The van der Waals surface area contributed by atoms with Gasteiger partial charge in [-0.25, -0.2) is 13.5 Å². The summed E-state index contributed by atoms with van der Waals surface area (Å²) >= 11 is 0. The van der Waals surface area contributed by atoms with Gasteiger partial charge in [-0.2, -0.15) is 18.3 Å². The van der Waals surface area contributed by atoms with Crippen LogP contribution in [0.2, 0.25) is 0 Å². The summed E-state index contributed by atoms with van der Waals surface area (Å²) in [6.45, 7) is 1.14. The molecule has 0 fully saturated rings. The summed E-state index contributed by atoms with van der Waals surface area (Å²) in [7, 11) is 0. The number of allylic oxidation sites excluding steroid dienone is 2. The number of carbonyl (C=O) groups is 2. The van der Waals surface area contributed by atoms with Crippen LogP contribution in [0.5, 0.6) is 5.75 Å². The van der Waals surface area contributed by atoms with Gasteiger partial charge in [-0.1, -0.05) is 0 Å². The Bertz CT molecular complexity index is 1330. The van der Waals surface area contributed by atoms with Crippen molar-refractivity contribution in [3.05, 3.63) is 77.5 Å². The van der Waals surface area contributed by atoms with Crippen molar-refractivity contribution in [2.75, 3.05) is 6.61 Å². The lowest BCUT2D eigenvalue weighted by atomic mass is 10.1. The largest absolute Gasteiger partial charge is 0.488 e. The van der Waals surface area contributed by atoms with Crippen LogP contribution in [-0.4, -0.2) is 28.0 Å². The molecular weight excluding hydrogens is 471 g/mol. The molecule has 0 aliphatic rings. The second kappa shape index (κ2) is 10.3. The fourth-order valence-corrected chi connectivity index (χ4v) is 3.05. The van der Waals surface area contributed by atoms with E-state index in [1.807, 2.05) is 0 Å². The van der Waals surface area contributed by atoms with Gasteiger partial charge in [-0.3, -0.25) is 9.59 Å². The van der Waals surface area contributed by atoms with E-state index in [9.17, 15) is 31.5 Å². The normalized spacial score (nSPS) is 11.5. The summed E-state index contributed by atoms with van der Waals surface area (Å²) in [4.78, 5) is 24.4. The molecule has 0 spiro atoms. The van der Waals surface area contributed by atoms with Crippen molar-refractivity contribution in [3.8, 4) is 35.0 Å². The van der Waals surface area contributed by atoms with Gasteiger partial charge in [0, 0.05) is 12.0 Å². The molecular formula is C25H17F5N2O3. The zero-order valence-corrected chi connectivity index (χ0v) is 18.2. The van der Waals surface area contributed by atoms with E-state index in [0.29, 0.717) is 0 Å². The minimum atomic E-state index is -4.59. The van der Waals surface area contributed by atoms with E-state index in [0.717, 1.165) is 53.2 Å². The number of nitrogens with zero attached hydrogens (tertiary/aromatic N) is 2.